The number of rotatable bonds is 7. The van der Waals surface area contributed by atoms with Gasteiger partial charge in [0.1, 0.15) is 0 Å². The number of nitrogens with one attached hydrogen (secondary N) is 1. The van der Waals surface area contributed by atoms with Crippen LogP contribution in [0.25, 0.3) is 6.08 Å². The maximum absolute atomic E-state index is 12.4. The van der Waals surface area contributed by atoms with Crippen molar-refractivity contribution in [2.24, 2.45) is 4.99 Å². The first-order chi connectivity index (χ1) is 15.6. The zero-order valence-corrected chi connectivity index (χ0v) is 18.7. The van der Waals surface area contributed by atoms with Gasteiger partial charge in [-0.1, -0.05) is 48.6 Å². The molecule has 1 heterocycles. The Morgan fingerprint density at radius 2 is 1.91 bits per heavy atom. The van der Waals surface area contributed by atoms with Crippen LogP contribution in [-0.4, -0.2) is 42.9 Å². The van der Waals surface area contributed by atoms with Gasteiger partial charge in [0.05, 0.1) is 15.9 Å². The molecule has 1 aliphatic carbocycles. The number of carbonyl (C=O) groups is 2. The Kier molecular flexibility index (Phi) is 7.02. The van der Waals surface area contributed by atoms with E-state index in [-0.39, 0.29) is 17.1 Å². The fourth-order valence-corrected chi connectivity index (χ4v) is 4.53. The number of aliphatic imine (C=N–C) groups is 1. The van der Waals surface area contributed by atoms with Crippen molar-refractivity contribution in [1.82, 2.24) is 5.32 Å². The Morgan fingerprint density at radius 3 is 2.69 bits per heavy atom. The van der Waals surface area contributed by atoms with E-state index in [2.05, 4.69) is 27.3 Å². The highest BCUT2D eigenvalue weighted by molar-refractivity contribution is 8.05. The second kappa shape index (κ2) is 10.3. The van der Waals surface area contributed by atoms with E-state index in [1.165, 1.54) is 11.8 Å². The van der Waals surface area contributed by atoms with Gasteiger partial charge >= 0.3 is 0 Å². The summed E-state index contributed by atoms with van der Waals surface area (Å²) in [5, 5.41) is 3.05. The van der Waals surface area contributed by atoms with E-state index in [4.69, 9.17) is 0 Å². The van der Waals surface area contributed by atoms with Gasteiger partial charge in [-0.05, 0) is 48.4 Å². The van der Waals surface area contributed by atoms with Gasteiger partial charge < -0.3 is 10.2 Å². The molecule has 2 aromatic carbocycles. The van der Waals surface area contributed by atoms with Crippen LogP contribution < -0.4 is 10.2 Å². The number of nitrogens with zero attached hydrogens (tertiary/aromatic N) is 2. The highest BCUT2D eigenvalue weighted by Gasteiger charge is 2.25. The number of hydrogen-bond acceptors (Lipinski definition) is 4. The topological polar surface area (TPSA) is 61.8 Å². The highest BCUT2D eigenvalue weighted by Crippen LogP contribution is 2.32. The Labute approximate surface area is 192 Å². The average Bonchev–Trinajstić information content (AvgIpc) is 2.83. The lowest BCUT2D eigenvalue weighted by atomic mass is 10.1. The zero-order chi connectivity index (χ0) is 22.3. The van der Waals surface area contributed by atoms with Crippen molar-refractivity contribution in [3.8, 4) is 0 Å². The van der Waals surface area contributed by atoms with Gasteiger partial charge in [-0.3, -0.25) is 9.59 Å². The molecule has 1 N–H and O–H groups in total. The van der Waals surface area contributed by atoms with Crippen molar-refractivity contribution in [2.75, 3.05) is 25.0 Å². The summed E-state index contributed by atoms with van der Waals surface area (Å²) < 4.78 is 0. The summed E-state index contributed by atoms with van der Waals surface area (Å²) in [7, 11) is 2.05. The van der Waals surface area contributed by atoms with Crippen molar-refractivity contribution < 1.29 is 9.59 Å². The van der Waals surface area contributed by atoms with Crippen LogP contribution in [0.2, 0.25) is 0 Å². The summed E-state index contributed by atoms with van der Waals surface area (Å²) in [5.74, 6) is -0.313. The molecule has 32 heavy (non-hydrogen) atoms. The predicted octanol–water partition coefficient (Wildman–Crippen LogP) is 4.49. The number of amides is 2. The SMILES string of the molecule is CN(CCCNC(=O)c1ccc(/C=C2/SC3C=CC=CC3=NC2=O)cc1)c1ccccc1. The molecule has 2 aromatic rings. The largest absolute Gasteiger partial charge is 0.375 e. The van der Waals surface area contributed by atoms with Gasteiger partial charge in [-0.2, -0.15) is 0 Å². The lowest BCUT2D eigenvalue weighted by molar-refractivity contribution is -0.113. The lowest BCUT2D eigenvalue weighted by Gasteiger charge is -2.20. The average molecular weight is 444 g/mol. The number of para-hydroxylation sites is 1. The number of hydrogen-bond donors (Lipinski definition) is 1. The van der Waals surface area contributed by atoms with Crippen molar-refractivity contribution in [2.45, 2.75) is 11.7 Å². The molecule has 0 saturated heterocycles. The van der Waals surface area contributed by atoms with E-state index in [0.29, 0.717) is 17.0 Å². The smallest absolute Gasteiger partial charge is 0.283 e. The van der Waals surface area contributed by atoms with Gasteiger partial charge in [-0.15, -0.1) is 11.8 Å². The minimum Gasteiger partial charge on any atom is -0.375 e. The molecular weight excluding hydrogens is 418 g/mol. The first-order valence-corrected chi connectivity index (χ1v) is 11.5. The minimum atomic E-state index is -0.219. The van der Waals surface area contributed by atoms with E-state index >= 15 is 0 Å². The third kappa shape index (κ3) is 5.45. The molecule has 1 unspecified atom stereocenters. The number of thioether (sulfide) groups is 1. The molecular formula is C26H25N3O2S. The van der Waals surface area contributed by atoms with E-state index < -0.39 is 0 Å². The number of fused-ring (bicyclic) bond motifs is 1. The second-order valence-corrected chi connectivity index (χ2v) is 8.80. The monoisotopic (exact) mass is 443 g/mol. The number of benzene rings is 2. The zero-order valence-electron chi connectivity index (χ0n) is 17.9. The van der Waals surface area contributed by atoms with Crippen LogP contribution in [0.3, 0.4) is 0 Å². The summed E-state index contributed by atoms with van der Waals surface area (Å²) in [6.45, 7) is 1.47. The first-order valence-electron chi connectivity index (χ1n) is 10.6. The molecule has 0 saturated carbocycles. The molecule has 0 radical (unpaired) electrons. The van der Waals surface area contributed by atoms with E-state index in [1.807, 2.05) is 67.8 Å². The normalized spacial score (nSPS) is 18.3. The number of allylic oxidation sites excluding steroid dienone is 3. The summed E-state index contributed by atoms with van der Waals surface area (Å²) >= 11 is 1.50. The Balaban J connectivity index is 1.29. The van der Waals surface area contributed by atoms with Crippen LogP contribution in [0, 0.1) is 0 Å². The Hall–Kier alpha value is -3.38. The van der Waals surface area contributed by atoms with Crippen LogP contribution in [0.5, 0.6) is 0 Å². The highest BCUT2D eigenvalue weighted by atomic mass is 32.2. The molecule has 2 amide bonds. The van der Waals surface area contributed by atoms with Crippen molar-refractivity contribution in [3.63, 3.8) is 0 Å². The number of carbonyl (C=O) groups excluding carboxylic acids is 2. The quantitative estimate of drug-likeness (QED) is 0.506. The van der Waals surface area contributed by atoms with Gasteiger partial charge in [0.2, 0.25) is 0 Å². The third-order valence-corrected chi connectivity index (χ3v) is 6.47. The van der Waals surface area contributed by atoms with Crippen LogP contribution >= 0.6 is 11.8 Å². The van der Waals surface area contributed by atoms with Gasteiger partial charge in [0.15, 0.2) is 0 Å². The molecule has 0 fully saturated rings. The summed E-state index contributed by atoms with van der Waals surface area (Å²) in [6.07, 6.45) is 10.5. The molecule has 0 bridgehead atoms. The maximum Gasteiger partial charge on any atom is 0.283 e. The molecule has 0 spiro atoms. The molecule has 4 rings (SSSR count). The Morgan fingerprint density at radius 1 is 1.12 bits per heavy atom. The first kappa shape index (κ1) is 21.8. The second-order valence-electron chi connectivity index (χ2n) is 7.62. The molecule has 5 nitrogen and oxygen atoms in total. The predicted molar refractivity (Wildman–Crippen MR) is 133 cm³/mol. The molecule has 162 valence electrons. The van der Waals surface area contributed by atoms with Gasteiger partial charge in [-0.25, -0.2) is 4.99 Å². The van der Waals surface area contributed by atoms with Crippen LogP contribution in [0.4, 0.5) is 5.69 Å². The summed E-state index contributed by atoms with van der Waals surface area (Å²) in [4.78, 5) is 31.7. The third-order valence-electron chi connectivity index (χ3n) is 5.27. The number of anilines is 1. The van der Waals surface area contributed by atoms with E-state index in [9.17, 15) is 9.59 Å². The molecule has 1 atom stereocenters. The standard InChI is InChI=1S/C26H25N3O2S/c1-29(21-8-3-2-4-9-21)17-7-16-27-25(30)20-14-12-19(13-15-20)18-24-26(31)28-22-10-5-6-11-23(22)32-24/h2-6,8-15,18,23H,7,16-17H2,1H3,(H,27,30)/b24-18+. The molecule has 2 aliphatic rings. The van der Waals surface area contributed by atoms with Gasteiger partial charge in [0.25, 0.3) is 11.8 Å². The van der Waals surface area contributed by atoms with Crippen LogP contribution in [0.15, 0.2) is 88.8 Å². The van der Waals surface area contributed by atoms with Crippen molar-refractivity contribution >= 4 is 41.1 Å². The van der Waals surface area contributed by atoms with Crippen LogP contribution in [0.1, 0.15) is 22.3 Å². The fraction of sp³-hybridized carbons (Fsp3) is 0.192. The molecule has 6 heteroatoms. The van der Waals surface area contributed by atoms with E-state index in [1.54, 1.807) is 12.1 Å². The summed E-state index contributed by atoms with van der Waals surface area (Å²) in [6, 6.07) is 17.5. The summed E-state index contributed by atoms with van der Waals surface area (Å²) in [5.41, 5.74) is 3.43. The molecule has 0 aromatic heterocycles. The fourth-order valence-electron chi connectivity index (χ4n) is 3.48. The van der Waals surface area contributed by atoms with Gasteiger partial charge in [0, 0.05) is 31.4 Å². The Bertz CT molecular complexity index is 1100. The maximum atomic E-state index is 12.4. The van der Waals surface area contributed by atoms with Crippen LogP contribution in [-0.2, 0) is 4.79 Å². The van der Waals surface area contributed by atoms with E-state index in [0.717, 1.165) is 29.9 Å². The van der Waals surface area contributed by atoms with Crippen molar-refractivity contribution in [1.29, 1.82) is 0 Å². The molecule has 1 aliphatic heterocycles. The lowest BCUT2D eigenvalue weighted by Crippen LogP contribution is -2.28. The van der Waals surface area contributed by atoms with Crippen molar-refractivity contribution in [3.05, 3.63) is 94.9 Å². The minimum absolute atomic E-state index is 0.0786.